The molecule has 19 heavy (non-hydrogen) atoms. The molecule has 0 heterocycles. The Balaban J connectivity index is 2.66. The third-order valence-electron chi connectivity index (χ3n) is 3.67. The molecule has 0 amide bonds. The Morgan fingerprint density at radius 1 is 1.11 bits per heavy atom. The van der Waals surface area contributed by atoms with Gasteiger partial charge in [0.2, 0.25) is 0 Å². The second-order valence-electron chi connectivity index (χ2n) is 5.85. The zero-order valence-corrected chi connectivity index (χ0v) is 12.3. The Labute approximate surface area is 115 Å². The quantitative estimate of drug-likeness (QED) is 0.600. The summed E-state index contributed by atoms with van der Waals surface area (Å²) in [4.78, 5) is 23.0. The smallest absolute Gasteiger partial charge is 0.338 e. The van der Waals surface area contributed by atoms with Crippen LogP contribution in [0.4, 0.5) is 0 Å². The van der Waals surface area contributed by atoms with Crippen LogP contribution in [-0.4, -0.2) is 18.4 Å². The first-order chi connectivity index (χ1) is 8.74. The molecule has 104 valence electrons. The monoisotopic (exact) mass is 262 g/mol. The van der Waals surface area contributed by atoms with E-state index >= 15 is 0 Å². The van der Waals surface area contributed by atoms with Gasteiger partial charge in [-0.25, -0.2) is 4.79 Å². The van der Waals surface area contributed by atoms with E-state index in [1.54, 1.807) is 24.3 Å². The molecule has 0 spiro atoms. The van der Waals surface area contributed by atoms with Crippen molar-refractivity contribution in [1.29, 1.82) is 0 Å². The number of ketones is 1. The van der Waals surface area contributed by atoms with Gasteiger partial charge in [-0.2, -0.15) is 0 Å². The van der Waals surface area contributed by atoms with Gasteiger partial charge in [0, 0.05) is 11.0 Å². The summed E-state index contributed by atoms with van der Waals surface area (Å²) < 4.78 is 5.33. The van der Waals surface area contributed by atoms with Crippen LogP contribution in [0.3, 0.4) is 0 Å². The van der Waals surface area contributed by atoms with Crippen molar-refractivity contribution in [2.45, 2.75) is 34.6 Å². The molecule has 0 saturated carbocycles. The molecule has 0 unspecified atom stereocenters. The Hall–Kier alpha value is -1.64. The van der Waals surface area contributed by atoms with Gasteiger partial charge in [-0.05, 0) is 25.0 Å². The molecule has 0 atom stereocenters. The molecule has 0 aliphatic heterocycles. The fourth-order valence-electron chi connectivity index (χ4n) is 1.34. The Morgan fingerprint density at radius 2 is 1.58 bits per heavy atom. The average molecular weight is 262 g/mol. The predicted molar refractivity (Wildman–Crippen MR) is 75.3 cm³/mol. The van der Waals surface area contributed by atoms with Crippen molar-refractivity contribution in [3.05, 3.63) is 35.4 Å². The highest BCUT2D eigenvalue weighted by molar-refractivity contribution is 5.96. The van der Waals surface area contributed by atoms with E-state index in [9.17, 15) is 9.59 Å². The van der Waals surface area contributed by atoms with Crippen molar-refractivity contribution in [3.8, 4) is 0 Å². The van der Waals surface area contributed by atoms with Gasteiger partial charge in [0.15, 0.2) is 5.78 Å². The normalized spacial score (nSPS) is 11.5. The summed E-state index contributed by atoms with van der Waals surface area (Å²) in [5.41, 5.74) is 1.03. The summed E-state index contributed by atoms with van der Waals surface area (Å²) in [5.74, 6) is 0.0741. The summed E-state index contributed by atoms with van der Waals surface area (Å²) in [6.45, 7) is 10.2. The molecule has 1 aromatic carbocycles. The fourth-order valence-corrected chi connectivity index (χ4v) is 1.34. The van der Waals surface area contributed by atoms with Crippen LogP contribution in [0.15, 0.2) is 24.3 Å². The van der Waals surface area contributed by atoms with Gasteiger partial charge in [-0.1, -0.05) is 39.8 Å². The number of benzene rings is 1. The molecule has 0 N–H and O–H groups in total. The first-order valence-electron chi connectivity index (χ1n) is 6.52. The Kier molecular flexibility index (Phi) is 4.87. The van der Waals surface area contributed by atoms with Crippen molar-refractivity contribution >= 4 is 11.8 Å². The zero-order valence-electron chi connectivity index (χ0n) is 12.3. The summed E-state index contributed by atoms with van der Waals surface area (Å²) >= 11 is 0. The highest BCUT2D eigenvalue weighted by Gasteiger charge is 2.24. The molecular weight excluding hydrogens is 240 g/mol. The van der Waals surface area contributed by atoms with Crippen molar-refractivity contribution in [3.63, 3.8) is 0 Å². The second kappa shape index (κ2) is 6.00. The predicted octanol–water partition coefficient (Wildman–Crippen LogP) is 3.73. The van der Waals surface area contributed by atoms with Gasteiger partial charge in [0.1, 0.15) is 0 Å². The van der Waals surface area contributed by atoms with Crippen molar-refractivity contribution in [2.75, 3.05) is 6.61 Å². The van der Waals surface area contributed by atoms with Gasteiger partial charge in [-0.3, -0.25) is 4.79 Å². The van der Waals surface area contributed by atoms with Crippen molar-refractivity contribution in [2.24, 2.45) is 11.3 Å². The van der Waals surface area contributed by atoms with Crippen LogP contribution in [0.1, 0.15) is 55.3 Å². The van der Waals surface area contributed by atoms with E-state index in [0.29, 0.717) is 23.7 Å². The van der Waals surface area contributed by atoms with E-state index in [2.05, 4.69) is 27.7 Å². The maximum atomic E-state index is 11.9. The molecular formula is C16H22O3. The summed E-state index contributed by atoms with van der Waals surface area (Å²) in [6.07, 6.45) is 0. The third-order valence-corrected chi connectivity index (χ3v) is 3.67. The number of ether oxygens (including phenoxy) is 1. The van der Waals surface area contributed by atoms with Gasteiger partial charge >= 0.3 is 5.97 Å². The maximum Gasteiger partial charge on any atom is 0.338 e. The van der Waals surface area contributed by atoms with Gasteiger partial charge < -0.3 is 4.74 Å². The molecule has 3 nitrogen and oxygen atoms in total. The van der Waals surface area contributed by atoms with Crippen LogP contribution in [0.2, 0.25) is 0 Å². The van der Waals surface area contributed by atoms with Crippen molar-refractivity contribution < 1.29 is 14.3 Å². The average Bonchev–Trinajstić information content (AvgIpc) is 2.36. The highest BCUT2D eigenvalue weighted by Crippen LogP contribution is 2.26. The molecule has 1 rings (SSSR count). The minimum Gasteiger partial charge on any atom is -0.462 e. The minimum absolute atomic E-state index is 0.0131. The lowest BCUT2D eigenvalue weighted by Crippen LogP contribution is -2.27. The lowest BCUT2D eigenvalue weighted by molar-refractivity contribution is 0.0256. The molecule has 0 bridgehead atoms. The van der Waals surface area contributed by atoms with Crippen LogP contribution in [-0.2, 0) is 4.74 Å². The number of carbonyl (C=O) groups excluding carboxylic acids is 2. The van der Waals surface area contributed by atoms with Gasteiger partial charge in [-0.15, -0.1) is 0 Å². The second-order valence-corrected chi connectivity index (χ2v) is 5.85. The molecule has 3 heteroatoms. The maximum absolute atomic E-state index is 11.9. The zero-order chi connectivity index (χ0) is 14.6. The van der Waals surface area contributed by atoms with E-state index < -0.39 is 0 Å². The molecule has 1 aromatic rings. The number of Topliss-reactive ketones (excluding diaryl/α,β-unsaturated/α-hetero) is 1. The topological polar surface area (TPSA) is 43.4 Å². The third kappa shape index (κ3) is 4.19. The summed E-state index contributed by atoms with van der Waals surface area (Å²) in [5, 5.41) is 0. The lowest BCUT2D eigenvalue weighted by Gasteiger charge is -2.28. The minimum atomic E-state index is -0.344. The summed E-state index contributed by atoms with van der Waals surface area (Å²) in [6, 6.07) is 6.54. The van der Waals surface area contributed by atoms with Crippen LogP contribution in [0.25, 0.3) is 0 Å². The Morgan fingerprint density at radius 3 is 2.00 bits per heavy atom. The Bertz CT molecular complexity index is 455. The number of esters is 1. The molecule has 0 aromatic heterocycles. The fraction of sp³-hybridized carbons (Fsp3) is 0.500. The van der Waals surface area contributed by atoms with Crippen LogP contribution < -0.4 is 0 Å². The van der Waals surface area contributed by atoms with E-state index in [4.69, 9.17) is 4.74 Å². The standard InChI is InChI=1S/C16H22O3/c1-11(2)16(4,5)10-19-15(18)14-8-6-13(7-9-14)12(3)17/h6-9,11H,10H2,1-5H3. The molecule has 0 aliphatic carbocycles. The number of rotatable bonds is 5. The largest absolute Gasteiger partial charge is 0.462 e. The molecule has 0 saturated heterocycles. The van der Waals surface area contributed by atoms with E-state index in [0.717, 1.165) is 0 Å². The summed E-state index contributed by atoms with van der Waals surface area (Å²) in [7, 11) is 0. The van der Waals surface area contributed by atoms with E-state index in [-0.39, 0.29) is 17.2 Å². The van der Waals surface area contributed by atoms with Crippen molar-refractivity contribution in [1.82, 2.24) is 0 Å². The van der Waals surface area contributed by atoms with Gasteiger partial charge in [0.05, 0.1) is 12.2 Å². The lowest BCUT2D eigenvalue weighted by atomic mass is 9.82. The SMILES string of the molecule is CC(=O)c1ccc(C(=O)OCC(C)(C)C(C)C)cc1. The van der Waals surface area contributed by atoms with Gasteiger partial charge in [0.25, 0.3) is 0 Å². The van der Waals surface area contributed by atoms with E-state index in [1.165, 1.54) is 6.92 Å². The number of hydrogen-bond acceptors (Lipinski definition) is 3. The van der Waals surface area contributed by atoms with Crippen LogP contribution in [0.5, 0.6) is 0 Å². The molecule has 0 aliphatic rings. The van der Waals surface area contributed by atoms with Crippen LogP contribution in [0, 0.1) is 11.3 Å². The van der Waals surface area contributed by atoms with E-state index in [1.807, 2.05) is 0 Å². The molecule has 0 fully saturated rings. The number of carbonyl (C=O) groups is 2. The molecule has 0 radical (unpaired) electrons. The highest BCUT2D eigenvalue weighted by atomic mass is 16.5. The first-order valence-corrected chi connectivity index (χ1v) is 6.52. The first kappa shape index (κ1) is 15.4. The van der Waals surface area contributed by atoms with Crippen LogP contribution >= 0.6 is 0 Å². The number of hydrogen-bond donors (Lipinski definition) is 0.